The van der Waals surface area contributed by atoms with Gasteiger partial charge in [0.2, 0.25) is 22.7 Å². The summed E-state index contributed by atoms with van der Waals surface area (Å²) in [5.41, 5.74) is 1.14. The van der Waals surface area contributed by atoms with E-state index in [0.29, 0.717) is 25.4 Å². The fourth-order valence-electron chi connectivity index (χ4n) is 5.48. The highest BCUT2D eigenvalue weighted by Gasteiger charge is 2.35. The van der Waals surface area contributed by atoms with Gasteiger partial charge in [-0.25, -0.2) is 8.42 Å². The van der Waals surface area contributed by atoms with E-state index in [1.807, 2.05) is 25.1 Å². The molecule has 2 aromatic rings. The number of benzene rings is 2. The lowest BCUT2D eigenvalue weighted by atomic mass is 9.95. The van der Waals surface area contributed by atoms with Gasteiger partial charge >= 0.3 is 0 Å². The van der Waals surface area contributed by atoms with Crippen LogP contribution in [0.5, 0.6) is 17.2 Å². The lowest BCUT2D eigenvalue weighted by Gasteiger charge is -2.37. The number of sulfonamides is 1. The summed E-state index contributed by atoms with van der Waals surface area (Å²) >= 11 is 0. The van der Waals surface area contributed by atoms with Gasteiger partial charge in [-0.3, -0.25) is 9.69 Å². The molecule has 1 saturated carbocycles. The molecule has 5 rings (SSSR count). The molecule has 0 spiro atoms. The van der Waals surface area contributed by atoms with Crippen molar-refractivity contribution in [3.05, 3.63) is 48.0 Å². The summed E-state index contributed by atoms with van der Waals surface area (Å²) in [6.07, 6.45) is 4.63. The normalized spacial score (nSPS) is 18.6. The van der Waals surface area contributed by atoms with Crippen molar-refractivity contribution < 1.29 is 27.4 Å². The minimum absolute atomic E-state index is 0.123. The minimum atomic E-state index is -3.82. The van der Waals surface area contributed by atoms with Crippen LogP contribution in [0.3, 0.4) is 0 Å². The number of hydrogen-bond donors (Lipinski definition) is 0. The molecule has 38 heavy (non-hydrogen) atoms. The summed E-state index contributed by atoms with van der Waals surface area (Å²) in [7, 11) is -3.82. The monoisotopic (exact) mass is 543 g/mol. The van der Waals surface area contributed by atoms with Gasteiger partial charge in [-0.2, -0.15) is 4.31 Å². The molecule has 0 radical (unpaired) electrons. The Labute approximate surface area is 225 Å². The molecule has 1 amide bonds. The maximum Gasteiger partial charge on any atom is 0.243 e. The number of rotatable bonds is 9. The zero-order valence-electron chi connectivity index (χ0n) is 22.0. The molecule has 0 bridgehead atoms. The van der Waals surface area contributed by atoms with Crippen LogP contribution in [0.25, 0.3) is 0 Å². The number of hydrogen-bond acceptors (Lipinski definition) is 7. The molecule has 0 unspecified atom stereocenters. The van der Waals surface area contributed by atoms with Crippen molar-refractivity contribution in [3.8, 4) is 17.2 Å². The molecule has 206 valence electrons. The van der Waals surface area contributed by atoms with Crippen LogP contribution in [0.2, 0.25) is 0 Å². The van der Waals surface area contributed by atoms with E-state index in [1.165, 1.54) is 4.31 Å². The first kappa shape index (κ1) is 26.8. The van der Waals surface area contributed by atoms with Crippen molar-refractivity contribution in [2.75, 3.05) is 46.1 Å². The molecule has 0 atom stereocenters. The maximum absolute atomic E-state index is 13.7. The van der Waals surface area contributed by atoms with E-state index in [9.17, 15) is 13.2 Å². The van der Waals surface area contributed by atoms with Gasteiger partial charge in [0, 0.05) is 38.8 Å². The van der Waals surface area contributed by atoms with E-state index >= 15 is 0 Å². The van der Waals surface area contributed by atoms with E-state index in [-0.39, 0.29) is 30.2 Å². The van der Waals surface area contributed by atoms with Crippen LogP contribution in [0, 0.1) is 0 Å². The second-order valence-corrected chi connectivity index (χ2v) is 12.0. The Kier molecular flexibility index (Phi) is 8.40. The molecule has 10 heteroatoms. The van der Waals surface area contributed by atoms with Crippen LogP contribution in [0.1, 0.15) is 44.6 Å². The third-order valence-electron chi connectivity index (χ3n) is 7.58. The van der Waals surface area contributed by atoms with Gasteiger partial charge in [-0.1, -0.05) is 25.3 Å². The van der Waals surface area contributed by atoms with Gasteiger partial charge in [0.15, 0.2) is 11.5 Å². The number of carbonyl (C=O) groups is 1. The Morgan fingerprint density at radius 3 is 2.39 bits per heavy atom. The predicted molar refractivity (Wildman–Crippen MR) is 143 cm³/mol. The second kappa shape index (κ2) is 11.9. The van der Waals surface area contributed by atoms with E-state index in [1.54, 1.807) is 29.2 Å². The zero-order valence-corrected chi connectivity index (χ0v) is 22.8. The standard InChI is InChI=1S/C28H37N3O6S/c1-2-35-24-9-11-25(12-10-24)38(33,34)31(23-6-4-3-5-7-23)20-28(32)30-16-14-29(15-17-30)19-22-8-13-26-27(18-22)37-21-36-26/h8-13,18,23H,2-7,14-17,19-21H2,1H3. The quantitative estimate of drug-likeness (QED) is 0.479. The van der Waals surface area contributed by atoms with Gasteiger partial charge in [0.25, 0.3) is 0 Å². The molecular weight excluding hydrogens is 506 g/mol. The van der Waals surface area contributed by atoms with Crippen LogP contribution in [0.15, 0.2) is 47.4 Å². The summed E-state index contributed by atoms with van der Waals surface area (Å²) in [6.45, 7) is 5.91. The fraction of sp³-hybridized carbons (Fsp3) is 0.536. The number of piperazine rings is 1. The van der Waals surface area contributed by atoms with Gasteiger partial charge < -0.3 is 19.1 Å². The molecule has 1 aliphatic carbocycles. The molecule has 2 heterocycles. The minimum Gasteiger partial charge on any atom is -0.494 e. The van der Waals surface area contributed by atoms with Gasteiger partial charge in [-0.15, -0.1) is 0 Å². The summed E-state index contributed by atoms with van der Waals surface area (Å²) in [5.74, 6) is 2.04. The highest BCUT2D eigenvalue weighted by atomic mass is 32.2. The Morgan fingerprint density at radius 1 is 0.974 bits per heavy atom. The zero-order chi connectivity index (χ0) is 26.5. The Bertz CT molecular complexity index is 1210. The molecule has 0 aromatic heterocycles. The molecule has 3 aliphatic rings. The van der Waals surface area contributed by atoms with Gasteiger partial charge in [0.1, 0.15) is 5.75 Å². The average molecular weight is 544 g/mol. The van der Waals surface area contributed by atoms with Crippen molar-refractivity contribution in [2.24, 2.45) is 0 Å². The van der Waals surface area contributed by atoms with Crippen LogP contribution in [-0.4, -0.2) is 80.6 Å². The molecular formula is C28H37N3O6S. The highest BCUT2D eigenvalue weighted by Crippen LogP contribution is 2.33. The predicted octanol–water partition coefficient (Wildman–Crippen LogP) is 3.48. The third kappa shape index (κ3) is 6.08. The second-order valence-electron chi connectivity index (χ2n) is 10.1. The van der Waals surface area contributed by atoms with Crippen LogP contribution < -0.4 is 14.2 Å². The lowest BCUT2D eigenvalue weighted by Crippen LogP contribution is -2.53. The summed E-state index contributed by atoms with van der Waals surface area (Å²) in [6, 6.07) is 12.3. The van der Waals surface area contributed by atoms with Gasteiger partial charge in [0.05, 0.1) is 18.0 Å². The SMILES string of the molecule is CCOc1ccc(S(=O)(=O)N(CC(=O)N2CCN(Cc3ccc4c(c3)OCO4)CC2)C2CCCCC2)cc1. The van der Waals surface area contributed by atoms with Crippen LogP contribution in [-0.2, 0) is 21.4 Å². The number of ether oxygens (including phenoxy) is 3. The summed E-state index contributed by atoms with van der Waals surface area (Å²) in [5, 5.41) is 0. The largest absolute Gasteiger partial charge is 0.494 e. The van der Waals surface area contributed by atoms with E-state index in [2.05, 4.69) is 4.90 Å². The first-order valence-corrected chi connectivity index (χ1v) is 15.0. The van der Waals surface area contributed by atoms with Crippen molar-refractivity contribution in [2.45, 2.75) is 56.5 Å². The topological polar surface area (TPSA) is 88.6 Å². The first-order chi connectivity index (χ1) is 18.4. The number of nitrogens with zero attached hydrogens (tertiary/aromatic N) is 3. The third-order valence-corrected chi connectivity index (χ3v) is 9.50. The smallest absolute Gasteiger partial charge is 0.243 e. The molecule has 2 aliphatic heterocycles. The Hall–Kier alpha value is -2.82. The summed E-state index contributed by atoms with van der Waals surface area (Å²) in [4.78, 5) is 17.7. The molecule has 9 nitrogen and oxygen atoms in total. The Balaban J connectivity index is 1.22. The van der Waals surface area contributed by atoms with Crippen molar-refractivity contribution in [3.63, 3.8) is 0 Å². The van der Waals surface area contributed by atoms with E-state index in [0.717, 1.165) is 68.8 Å². The molecule has 1 saturated heterocycles. The van der Waals surface area contributed by atoms with Crippen molar-refractivity contribution in [1.82, 2.24) is 14.1 Å². The Morgan fingerprint density at radius 2 is 1.68 bits per heavy atom. The van der Waals surface area contributed by atoms with E-state index < -0.39 is 10.0 Å². The lowest BCUT2D eigenvalue weighted by molar-refractivity contribution is -0.133. The number of carbonyl (C=O) groups excluding carboxylic acids is 1. The van der Waals surface area contributed by atoms with Crippen LogP contribution in [0.4, 0.5) is 0 Å². The van der Waals surface area contributed by atoms with E-state index in [4.69, 9.17) is 14.2 Å². The molecule has 2 fully saturated rings. The fourth-order valence-corrected chi connectivity index (χ4v) is 7.11. The first-order valence-electron chi connectivity index (χ1n) is 13.6. The highest BCUT2D eigenvalue weighted by molar-refractivity contribution is 7.89. The number of amides is 1. The average Bonchev–Trinajstić information content (AvgIpc) is 3.41. The van der Waals surface area contributed by atoms with Gasteiger partial charge in [-0.05, 0) is 61.7 Å². The van der Waals surface area contributed by atoms with Crippen molar-refractivity contribution in [1.29, 1.82) is 0 Å². The van der Waals surface area contributed by atoms with Crippen molar-refractivity contribution >= 4 is 15.9 Å². The molecule has 2 aromatic carbocycles. The number of fused-ring (bicyclic) bond motifs is 1. The summed E-state index contributed by atoms with van der Waals surface area (Å²) < 4.78 is 45.3. The molecule has 0 N–H and O–H groups in total. The van der Waals surface area contributed by atoms with Crippen LogP contribution >= 0.6 is 0 Å². The maximum atomic E-state index is 13.7.